The molecule has 1 aromatic heterocycles. The summed E-state index contributed by atoms with van der Waals surface area (Å²) in [6, 6.07) is 0.467. The van der Waals surface area contributed by atoms with Gasteiger partial charge in [0.2, 0.25) is 0 Å². The number of carbonyl (C=O) groups excluding carboxylic acids is 2. The number of nitrogens with one attached hydrogen (secondary N) is 1. The van der Waals surface area contributed by atoms with E-state index in [9.17, 15) is 27.6 Å². The molecule has 1 rings (SSSR count). The number of nitrogens with zero attached hydrogens (tertiary/aromatic N) is 1. The lowest BCUT2D eigenvalue weighted by Crippen LogP contribution is -2.33. The lowest BCUT2D eigenvalue weighted by atomic mass is 10.2. The molecule has 134 valence electrons. The van der Waals surface area contributed by atoms with Crippen molar-refractivity contribution in [1.82, 2.24) is 9.88 Å². The predicted octanol–water partition coefficient (Wildman–Crippen LogP) is 0.826. The van der Waals surface area contributed by atoms with Gasteiger partial charge >= 0.3 is 12.1 Å². The number of carbonyl (C=O) groups is 2. The number of amides is 1. The van der Waals surface area contributed by atoms with Gasteiger partial charge in [-0.1, -0.05) is 11.6 Å². The first kappa shape index (κ1) is 20.0. The molecule has 0 bridgehead atoms. The number of aromatic nitrogens is 1. The zero-order valence-electron chi connectivity index (χ0n) is 12.5. The molecule has 0 atom stereocenters. The molecule has 0 aromatic carbocycles. The molecular formula is C13H14ClF3N2O5. The molecule has 1 heterocycles. The summed E-state index contributed by atoms with van der Waals surface area (Å²) in [6.45, 7) is -0.981. The average Bonchev–Trinajstić information content (AvgIpc) is 2.49. The first-order valence-corrected chi connectivity index (χ1v) is 6.91. The van der Waals surface area contributed by atoms with E-state index in [1.165, 1.54) is 7.11 Å². The Kier molecular flexibility index (Phi) is 7.23. The largest absolute Gasteiger partial charge is 0.454 e. The third-order valence-electron chi connectivity index (χ3n) is 2.66. The molecule has 11 heteroatoms. The number of alkyl halides is 3. The van der Waals surface area contributed by atoms with Crippen LogP contribution in [0, 0.1) is 0 Å². The highest BCUT2D eigenvalue weighted by molar-refractivity contribution is 6.30. The Hall–Kier alpha value is -2.07. The number of hydrogen-bond donors (Lipinski definition) is 1. The zero-order chi connectivity index (χ0) is 18.3. The molecule has 24 heavy (non-hydrogen) atoms. The minimum absolute atomic E-state index is 0.204. The zero-order valence-corrected chi connectivity index (χ0v) is 13.2. The Morgan fingerprint density at radius 1 is 1.38 bits per heavy atom. The first-order chi connectivity index (χ1) is 11.1. The fourth-order valence-corrected chi connectivity index (χ4v) is 1.77. The number of hydrogen-bond acceptors (Lipinski definition) is 5. The van der Waals surface area contributed by atoms with Gasteiger partial charge in [0.15, 0.2) is 6.61 Å². The van der Waals surface area contributed by atoms with Crippen LogP contribution in [0.1, 0.15) is 5.56 Å². The maximum Gasteiger partial charge on any atom is 0.417 e. The van der Waals surface area contributed by atoms with E-state index in [0.717, 1.165) is 0 Å². The molecule has 0 radical (unpaired) electrons. The van der Waals surface area contributed by atoms with Gasteiger partial charge in [-0.2, -0.15) is 13.2 Å². The average molecular weight is 371 g/mol. The summed E-state index contributed by atoms with van der Waals surface area (Å²) in [6.07, 6.45) is -4.28. The van der Waals surface area contributed by atoms with Crippen molar-refractivity contribution in [2.75, 3.05) is 26.9 Å². The van der Waals surface area contributed by atoms with E-state index in [0.29, 0.717) is 16.8 Å². The van der Waals surface area contributed by atoms with Crippen LogP contribution in [-0.4, -0.2) is 43.3 Å². The molecule has 0 aliphatic heterocycles. The molecule has 1 aromatic rings. The summed E-state index contributed by atoms with van der Waals surface area (Å²) in [5.74, 6) is -1.68. The van der Waals surface area contributed by atoms with E-state index in [4.69, 9.17) is 16.3 Å². The van der Waals surface area contributed by atoms with Crippen molar-refractivity contribution in [2.24, 2.45) is 0 Å². The van der Waals surface area contributed by atoms with Crippen LogP contribution >= 0.6 is 11.6 Å². The molecule has 1 amide bonds. The van der Waals surface area contributed by atoms with E-state index < -0.39 is 47.3 Å². The Labute approximate surface area is 139 Å². The van der Waals surface area contributed by atoms with Crippen molar-refractivity contribution in [2.45, 2.75) is 12.7 Å². The Bertz CT molecular complexity index is 660. The first-order valence-electron chi connectivity index (χ1n) is 6.53. The summed E-state index contributed by atoms with van der Waals surface area (Å²) in [5.41, 5.74) is -2.16. The molecule has 7 nitrogen and oxygen atoms in total. The van der Waals surface area contributed by atoms with Crippen molar-refractivity contribution in [3.8, 4) is 0 Å². The second-order valence-corrected chi connectivity index (χ2v) is 4.92. The summed E-state index contributed by atoms with van der Waals surface area (Å²) in [4.78, 5) is 34.5. The number of rotatable bonds is 7. The van der Waals surface area contributed by atoms with E-state index >= 15 is 0 Å². The second kappa shape index (κ2) is 8.69. The molecule has 0 aliphatic carbocycles. The minimum Gasteiger partial charge on any atom is -0.454 e. The van der Waals surface area contributed by atoms with Crippen molar-refractivity contribution >= 4 is 23.5 Å². The number of halogens is 4. The summed E-state index contributed by atoms with van der Waals surface area (Å²) in [5, 5.41) is 1.69. The third-order valence-corrected chi connectivity index (χ3v) is 2.93. The van der Waals surface area contributed by atoms with E-state index in [1.807, 2.05) is 0 Å². The van der Waals surface area contributed by atoms with Crippen molar-refractivity contribution < 1.29 is 32.2 Å². The fourth-order valence-electron chi connectivity index (χ4n) is 1.55. The Morgan fingerprint density at radius 3 is 2.62 bits per heavy atom. The van der Waals surface area contributed by atoms with E-state index in [2.05, 4.69) is 10.1 Å². The summed E-state index contributed by atoms with van der Waals surface area (Å²) >= 11 is 5.45. The van der Waals surface area contributed by atoms with Crippen LogP contribution in [0.25, 0.3) is 0 Å². The Morgan fingerprint density at radius 2 is 2.04 bits per heavy atom. The lowest BCUT2D eigenvalue weighted by Gasteiger charge is -2.11. The van der Waals surface area contributed by atoms with Crippen LogP contribution in [0.3, 0.4) is 0 Å². The second-order valence-electron chi connectivity index (χ2n) is 4.51. The van der Waals surface area contributed by atoms with Crippen LogP contribution in [0.5, 0.6) is 0 Å². The molecule has 1 N–H and O–H groups in total. The molecular weight excluding hydrogens is 357 g/mol. The summed E-state index contributed by atoms with van der Waals surface area (Å²) in [7, 11) is 1.43. The standard InChI is InChI=1S/C13H14ClF3N2O5/c1-23-3-2-18-10(20)7-24-11(21)6-19-5-8(13(15,16)17)4-9(14)12(19)22/h4-5H,2-3,6-7H2,1H3,(H,18,20). The molecule has 0 spiro atoms. The molecule has 0 fully saturated rings. The van der Waals surface area contributed by atoms with Crippen LogP contribution in [0.2, 0.25) is 5.02 Å². The topological polar surface area (TPSA) is 86.6 Å². The predicted molar refractivity (Wildman–Crippen MR) is 76.6 cm³/mol. The third kappa shape index (κ3) is 6.20. The van der Waals surface area contributed by atoms with Crippen molar-refractivity contribution in [1.29, 1.82) is 0 Å². The van der Waals surface area contributed by atoms with Gasteiger partial charge in [-0.05, 0) is 6.07 Å². The highest BCUT2D eigenvalue weighted by atomic mass is 35.5. The van der Waals surface area contributed by atoms with Gasteiger partial charge < -0.3 is 19.4 Å². The van der Waals surface area contributed by atoms with Gasteiger partial charge in [0.05, 0.1) is 12.2 Å². The smallest absolute Gasteiger partial charge is 0.417 e. The maximum absolute atomic E-state index is 12.7. The highest BCUT2D eigenvalue weighted by Gasteiger charge is 2.32. The number of pyridine rings is 1. The fraction of sp³-hybridized carbons (Fsp3) is 0.462. The molecule has 0 aliphatic rings. The van der Waals surface area contributed by atoms with Crippen LogP contribution < -0.4 is 10.9 Å². The van der Waals surface area contributed by atoms with Gasteiger partial charge in [-0.25, -0.2) is 0 Å². The van der Waals surface area contributed by atoms with Crippen molar-refractivity contribution in [3.05, 3.63) is 33.2 Å². The quantitative estimate of drug-likeness (QED) is 0.567. The van der Waals surface area contributed by atoms with E-state index in [1.54, 1.807) is 0 Å². The maximum atomic E-state index is 12.7. The van der Waals surface area contributed by atoms with E-state index in [-0.39, 0.29) is 13.2 Å². The van der Waals surface area contributed by atoms with Gasteiger partial charge in [0, 0.05) is 19.9 Å². The van der Waals surface area contributed by atoms with Crippen molar-refractivity contribution in [3.63, 3.8) is 0 Å². The van der Waals surface area contributed by atoms with Gasteiger partial charge in [0.1, 0.15) is 11.6 Å². The monoisotopic (exact) mass is 370 g/mol. The molecule has 0 unspecified atom stereocenters. The highest BCUT2D eigenvalue weighted by Crippen LogP contribution is 2.29. The van der Waals surface area contributed by atoms with Crippen LogP contribution in [0.15, 0.2) is 17.1 Å². The van der Waals surface area contributed by atoms with Crippen LogP contribution in [-0.2, 0) is 31.8 Å². The lowest BCUT2D eigenvalue weighted by molar-refractivity contribution is -0.149. The van der Waals surface area contributed by atoms with Crippen LogP contribution in [0.4, 0.5) is 13.2 Å². The van der Waals surface area contributed by atoms with Gasteiger partial charge in [-0.15, -0.1) is 0 Å². The summed E-state index contributed by atoms with van der Waals surface area (Å²) < 4.78 is 47.7. The van der Waals surface area contributed by atoms with Gasteiger partial charge in [0.25, 0.3) is 11.5 Å². The number of ether oxygens (including phenoxy) is 2. The normalized spacial score (nSPS) is 11.2. The minimum atomic E-state index is -4.73. The SMILES string of the molecule is COCCNC(=O)COC(=O)Cn1cc(C(F)(F)F)cc(Cl)c1=O. The molecule has 0 saturated carbocycles. The molecule has 0 saturated heterocycles. The Balaban J connectivity index is 2.69. The number of methoxy groups -OCH3 is 1. The number of esters is 1. The van der Waals surface area contributed by atoms with Gasteiger partial charge in [-0.3, -0.25) is 14.4 Å².